The minimum Gasteiger partial charge on any atom is -0.278 e. The van der Waals surface area contributed by atoms with E-state index in [0.29, 0.717) is 6.41 Å². The Kier molecular flexibility index (Phi) is 3.26. The van der Waals surface area contributed by atoms with Crippen LogP contribution in [0.25, 0.3) is 0 Å². The van der Waals surface area contributed by atoms with Gasteiger partial charge in [0.05, 0.1) is 0 Å². The first-order chi connectivity index (χ1) is 2.41. The van der Waals surface area contributed by atoms with Crippen molar-refractivity contribution in [3.05, 3.63) is 0 Å². The molecular weight excluding hydrogens is 89.0 g/mol. The third-order valence-corrected chi connectivity index (χ3v) is 0.316. The molecule has 28 valence electrons. The van der Waals surface area contributed by atoms with Crippen molar-refractivity contribution in [2.24, 2.45) is 0 Å². The molecule has 0 aliphatic heterocycles. The molecule has 0 fully saturated rings. The Morgan fingerprint density at radius 1 is 1.80 bits per heavy atom. The number of hydrogen-bond donors (Lipinski definition) is 1. The summed E-state index contributed by atoms with van der Waals surface area (Å²) in [7, 11) is -0.338. The maximum absolute atomic E-state index is 9.16. The van der Waals surface area contributed by atoms with Crippen LogP contribution in [0.4, 0.5) is 0 Å². The maximum atomic E-state index is 9.16. The second-order valence-corrected chi connectivity index (χ2v) is 0.779. The molecule has 4 heteroatoms. The Bertz CT molecular complexity index is 38.9. The van der Waals surface area contributed by atoms with Gasteiger partial charge in [-0.05, 0) is 0 Å². The van der Waals surface area contributed by atoms with E-state index >= 15 is 0 Å². The van der Waals surface area contributed by atoms with E-state index in [1.54, 1.807) is 0 Å². The average molecular weight is 91.0 g/mol. The van der Waals surface area contributed by atoms with Crippen molar-refractivity contribution >= 4 is 15.0 Å². The van der Waals surface area contributed by atoms with E-state index in [1.807, 2.05) is 5.09 Å². The lowest BCUT2D eigenvalue weighted by atomic mass is 11.5. The van der Waals surface area contributed by atoms with Crippen LogP contribution in [0, 0.1) is 0 Å². The second kappa shape index (κ2) is 3.57. The quantitative estimate of drug-likeness (QED) is 0.382. The van der Waals surface area contributed by atoms with E-state index in [1.165, 1.54) is 0 Å². The average Bonchev–Trinajstić information content (AvgIpc) is 1.41. The number of rotatable bonds is 2. The van der Waals surface area contributed by atoms with Gasteiger partial charge in [0.1, 0.15) is 0 Å². The van der Waals surface area contributed by atoms with Gasteiger partial charge >= 0.3 is 0 Å². The molecule has 0 aromatic carbocycles. The van der Waals surface area contributed by atoms with Crippen LogP contribution in [0.1, 0.15) is 0 Å². The highest BCUT2D eigenvalue weighted by molar-refractivity contribution is 7.22. The third kappa shape index (κ3) is 3.57. The molecule has 0 aliphatic rings. The van der Waals surface area contributed by atoms with Gasteiger partial charge in [0.2, 0.25) is 6.41 Å². The molecule has 0 aliphatic carbocycles. The summed E-state index contributed by atoms with van der Waals surface area (Å²) in [6.45, 7) is 0. The molecule has 0 aromatic heterocycles. The predicted molar refractivity (Wildman–Crippen MR) is 16.8 cm³/mol. The normalized spacial score (nSPS) is 7.20. The molecule has 0 radical (unpaired) electrons. The van der Waals surface area contributed by atoms with Crippen molar-refractivity contribution in [1.82, 2.24) is 5.09 Å². The van der Waals surface area contributed by atoms with Crippen molar-refractivity contribution < 1.29 is 9.36 Å². The van der Waals surface area contributed by atoms with Crippen LogP contribution in [0.5, 0.6) is 0 Å². The fraction of sp³-hybridized carbons (Fsp3) is 0. The van der Waals surface area contributed by atoms with Gasteiger partial charge in [0, 0.05) is 0 Å². The summed E-state index contributed by atoms with van der Waals surface area (Å²) < 4.78 is 9.16. The number of carbonyl (C=O) groups is 1. The largest absolute Gasteiger partial charge is 0.281 e. The summed E-state index contributed by atoms with van der Waals surface area (Å²) >= 11 is 0. The number of nitrogens with one attached hydrogen (secondary N) is 1. The van der Waals surface area contributed by atoms with Crippen molar-refractivity contribution in [3.8, 4) is 0 Å². The highest BCUT2D eigenvalue weighted by Gasteiger charge is 1.59. The van der Waals surface area contributed by atoms with Gasteiger partial charge in [-0.25, -0.2) is 4.57 Å². The van der Waals surface area contributed by atoms with E-state index in [-0.39, 0.29) is 8.61 Å². The molecule has 1 N–H and O–H groups in total. The molecule has 0 bridgehead atoms. The standard InChI is InChI=1S/CH2NO2P/c3-1-2-5-4/h1H,(H,2,3,4). The number of amides is 1. The molecule has 0 saturated heterocycles. The van der Waals surface area contributed by atoms with Crippen LogP contribution in [0.2, 0.25) is 0 Å². The summed E-state index contributed by atoms with van der Waals surface area (Å²) in [4.78, 5) is 9.09. The first kappa shape index (κ1) is 4.57. The van der Waals surface area contributed by atoms with Gasteiger partial charge in [-0.1, -0.05) is 0 Å². The second-order valence-electron chi connectivity index (χ2n) is 0.338. The van der Waals surface area contributed by atoms with Crippen LogP contribution < -0.4 is 5.09 Å². The molecule has 0 rings (SSSR count). The minimum atomic E-state index is -0.338. The lowest BCUT2D eigenvalue weighted by Gasteiger charge is -1.62. The van der Waals surface area contributed by atoms with E-state index in [9.17, 15) is 0 Å². The van der Waals surface area contributed by atoms with Crippen molar-refractivity contribution in [3.63, 3.8) is 0 Å². The summed E-state index contributed by atoms with van der Waals surface area (Å²) in [5.41, 5.74) is 0. The Morgan fingerprint density at radius 3 is 2.40 bits per heavy atom. The summed E-state index contributed by atoms with van der Waals surface area (Å²) in [6.07, 6.45) is 0.356. The smallest absolute Gasteiger partial charge is 0.278 e. The lowest BCUT2D eigenvalue weighted by molar-refractivity contribution is -0.108. The van der Waals surface area contributed by atoms with Gasteiger partial charge in [-0.15, -0.1) is 0 Å². The van der Waals surface area contributed by atoms with Crippen LogP contribution >= 0.6 is 8.61 Å². The van der Waals surface area contributed by atoms with Gasteiger partial charge in [-0.2, -0.15) is 0 Å². The van der Waals surface area contributed by atoms with Crippen molar-refractivity contribution in [1.29, 1.82) is 0 Å². The van der Waals surface area contributed by atoms with Gasteiger partial charge in [0.15, 0.2) is 0 Å². The molecular formula is CH2NO2P. The molecule has 5 heavy (non-hydrogen) atoms. The van der Waals surface area contributed by atoms with Crippen molar-refractivity contribution in [2.75, 3.05) is 0 Å². The molecule has 0 heterocycles. The van der Waals surface area contributed by atoms with Gasteiger partial charge in [0.25, 0.3) is 8.61 Å². The molecule has 0 aromatic rings. The fourth-order valence-corrected chi connectivity index (χ4v) is 0.0645. The Balaban J connectivity index is 2.65. The minimum absolute atomic E-state index is 0.338. The highest BCUT2D eigenvalue weighted by Crippen LogP contribution is 1.69. The van der Waals surface area contributed by atoms with Gasteiger partial charge in [-0.3, -0.25) is 9.88 Å². The fourth-order valence-electron chi connectivity index (χ4n) is 0.0215. The predicted octanol–water partition coefficient (Wildman–Crippen LogP) is -0.0609. The number of hydrogen-bond acceptors (Lipinski definition) is 2. The van der Waals surface area contributed by atoms with Crippen molar-refractivity contribution in [2.45, 2.75) is 0 Å². The van der Waals surface area contributed by atoms with Crippen LogP contribution in [-0.4, -0.2) is 6.41 Å². The zero-order valence-corrected chi connectivity index (χ0v) is 3.24. The summed E-state index contributed by atoms with van der Waals surface area (Å²) in [6, 6.07) is 0. The molecule has 3 nitrogen and oxygen atoms in total. The SMILES string of the molecule is O=CNP=O. The molecule has 0 atom stereocenters. The van der Waals surface area contributed by atoms with Crippen LogP contribution in [0.15, 0.2) is 0 Å². The van der Waals surface area contributed by atoms with Crippen LogP contribution in [0.3, 0.4) is 0 Å². The zero-order valence-electron chi connectivity index (χ0n) is 2.34. The Morgan fingerprint density at radius 2 is 2.40 bits per heavy atom. The van der Waals surface area contributed by atoms with E-state index < -0.39 is 0 Å². The first-order valence-electron chi connectivity index (χ1n) is 0.931. The van der Waals surface area contributed by atoms with Gasteiger partial charge < -0.3 is 0 Å². The highest BCUT2D eigenvalue weighted by atomic mass is 31.1. The number of carbonyl (C=O) groups excluding carboxylic acids is 1. The molecule has 0 spiro atoms. The van der Waals surface area contributed by atoms with E-state index in [0.717, 1.165) is 0 Å². The lowest BCUT2D eigenvalue weighted by Crippen LogP contribution is -1.88. The van der Waals surface area contributed by atoms with Crippen LogP contribution in [-0.2, 0) is 9.36 Å². The molecule has 0 unspecified atom stereocenters. The van der Waals surface area contributed by atoms with E-state index in [4.69, 9.17) is 9.36 Å². The topological polar surface area (TPSA) is 46.2 Å². The Hall–Kier alpha value is -0.430. The molecule has 1 amide bonds. The van der Waals surface area contributed by atoms with E-state index in [2.05, 4.69) is 0 Å². The summed E-state index contributed by atoms with van der Waals surface area (Å²) in [5.74, 6) is 0. The maximum Gasteiger partial charge on any atom is 0.281 e. The Labute approximate surface area is 30.6 Å². The zero-order chi connectivity index (χ0) is 4.12. The first-order valence-corrected chi connectivity index (χ1v) is 1.74. The molecule has 0 saturated carbocycles. The summed E-state index contributed by atoms with van der Waals surface area (Å²) in [5, 5.41) is 1.85. The third-order valence-electron chi connectivity index (χ3n) is 0.105. The monoisotopic (exact) mass is 91.0 g/mol.